The lowest BCUT2D eigenvalue weighted by molar-refractivity contribution is -0.126. The minimum atomic E-state index is -0.260. The Labute approximate surface area is 222 Å². The van der Waals surface area contributed by atoms with Crippen LogP contribution in [0.5, 0.6) is 0 Å². The molecule has 2 aromatic heterocycles. The molecule has 1 aromatic carbocycles. The summed E-state index contributed by atoms with van der Waals surface area (Å²) in [7, 11) is 0. The van der Waals surface area contributed by atoms with Crippen LogP contribution in [-0.4, -0.2) is 68.9 Å². The second-order valence-electron chi connectivity index (χ2n) is 9.90. The van der Waals surface area contributed by atoms with E-state index >= 15 is 0 Å². The number of aromatic nitrogens is 3. The first-order valence-electron chi connectivity index (χ1n) is 13.1. The number of carbonyl (C=O) groups excluding carboxylic acids is 2. The SMILES string of the molecule is Cc1cc(C(=O)Nc2nc3cccc(Cl)c3n2C2CCCCN(C(=O)/C=C/CN3CCCC3)C2)ccn1. The van der Waals surface area contributed by atoms with Crippen molar-refractivity contribution in [2.75, 3.05) is 38.0 Å². The maximum absolute atomic E-state index is 13.1. The molecule has 0 spiro atoms. The van der Waals surface area contributed by atoms with Crippen molar-refractivity contribution < 1.29 is 9.59 Å². The number of imidazole rings is 1. The van der Waals surface area contributed by atoms with E-state index in [1.807, 2.05) is 40.7 Å². The molecule has 37 heavy (non-hydrogen) atoms. The van der Waals surface area contributed by atoms with Crippen LogP contribution >= 0.6 is 11.6 Å². The zero-order chi connectivity index (χ0) is 25.8. The van der Waals surface area contributed by atoms with Gasteiger partial charge < -0.3 is 9.47 Å². The molecular formula is C28H33ClN6O2. The number of pyridine rings is 1. The molecule has 2 saturated heterocycles. The Morgan fingerprint density at radius 3 is 2.76 bits per heavy atom. The number of hydrogen-bond acceptors (Lipinski definition) is 5. The minimum Gasteiger partial charge on any atom is -0.337 e. The molecule has 9 heteroatoms. The summed E-state index contributed by atoms with van der Waals surface area (Å²) in [6.07, 6.45) is 10.5. The second-order valence-corrected chi connectivity index (χ2v) is 10.3. The van der Waals surface area contributed by atoms with Gasteiger partial charge in [0.15, 0.2) is 0 Å². The van der Waals surface area contributed by atoms with E-state index in [1.54, 1.807) is 24.4 Å². The van der Waals surface area contributed by atoms with Crippen molar-refractivity contribution in [3.8, 4) is 0 Å². The summed E-state index contributed by atoms with van der Waals surface area (Å²) in [6, 6.07) is 8.94. The fourth-order valence-corrected chi connectivity index (χ4v) is 5.58. The summed E-state index contributed by atoms with van der Waals surface area (Å²) >= 11 is 6.66. The molecule has 8 nitrogen and oxygen atoms in total. The van der Waals surface area contributed by atoms with Crippen LogP contribution in [0.3, 0.4) is 0 Å². The van der Waals surface area contributed by atoms with Crippen LogP contribution in [0.1, 0.15) is 54.2 Å². The Kier molecular flexibility index (Phi) is 7.86. The first kappa shape index (κ1) is 25.4. The molecule has 2 amide bonds. The van der Waals surface area contributed by atoms with Crippen LogP contribution < -0.4 is 5.32 Å². The normalized spacial score (nSPS) is 19.0. The molecule has 1 unspecified atom stereocenters. The van der Waals surface area contributed by atoms with E-state index in [9.17, 15) is 9.59 Å². The van der Waals surface area contributed by atoms with Gasteiger partial charge >= 0.3 is 0 Å². The fourth-order valence-electron chi connectivity index (χ4n) is 5.31. The molecule has 2 aliphatic rings. The van der Waals surface area contributed by atoms with Gasteiger partial charge in [0.25, 0.3) is 5.91 Å². The predicted octanol–water partition coefficient (Wildman–Crippen LogP) is 4.85. The highest BCUT2D eigenvalue weighted by molar-refractivity contribution is 6.35. The molecule has 4 heterocycles. The van der Waals surface area contributed by atoms with E-state index in [4.69, 9.17) is 16.6 Å². The summed E-state index contributed by atoms with van der Waals surface area (Å²) in [5.74, 6) is 0.204. The third kappa shape index (κ3) is 5.86. The summed E-state index contributed by atoms with van der Waals surface area (Å²) in [4.78, 5) is 39.5. The average Bonchev–Trinajstić information content (AvgIpc) is 3.46. The number of benzene rings is 1. The Morgan fingerprint density at radius 1 is 1.14 bits per heavy atom. The lowest BCUT2D eigenvalue weighted by atomic mass is 10.1. The van der Waals surface area contributed by atoms with E-state index < -0.39 is 0 Å². The van der Waals surface area contributed by atoms with Crippen molar-refractivity contribution in [3.05, 3.63) is 65.0 Å². The third-order valence-corrected chi connectivity index (χ3v) is 7.50. The molecule has 1 N–H and O–H groups in total. The molecule has 5 rings (SSSR count). The van der Waals surface area contributed by atoms with Crippen molar-refractivity contribution in [2.24, 2.45) is 0 Å². The number of aryl methyl sites for hydroxylation is 1. The van der Waals surface area contributed by atoms with Gasteiger partial charge in [0.2, 0.25) is 11.9 Å². The molecule has 3 aromatic rings. The third-order valence-electron chi connectivity index (χ3n) is 7.19. The zero-order valence-electron chi connectivity index (χ0n) is 21.2. The molecule has 0 aliphatic carbocycles. The molecule has 0 radical (unpaired) electrons. The number of fused-ring (bicyclic) bond motifs is 1. The van der Waals surface area contributed by atoms with Gasteiger partial charge in [-0.05, 0) is 76.4 Å². The van der Waals surface area contributed by atoms with Crippen LogP contribution in [-0.2, 0) is 4.79 Å². The Hall–Kier alpha value is -3.23. The highest BCUT2D eigenvalue weighted by Crippen LogP contribution is 2.34. The predicted molar refractivity (Wildman–Crippen MR) is 146 cm³/mol. The fraction of sp³-hybridized carbons (Fsp3) is 0.429. The summed E-state index contributed by atoms with van der Waals surface area (Å²) < 4.78 is 2.02. The first-order chi connectivity index (χ1) is 18.0. The smallest absolute Gasteiger partial charge is 0.258 e. The molecule has 194 valence electrons. The van der Waals surface area contributed by atoms with Crippen molar-refractivity contribution in [3.63, 3.8) is 0 Å². The van der Waals surface area contributed by atoms with Gasteiger partial charge in [0, 0.05) is 43.2 Å². The van der Waals surface area contributed by atoms with Crippen molar-refractivity contribution in [1.82, 2.24) is 24.3 Å². The molecule has 2 aliphatic heterocycles. The van der Waals surface area contributed by atoms with Crippen LogP contribution in [0, 0.1) is 6.92 Å². The number of carbonyl (C=O) groups is 2. The van der Waals surface area contributed by atoms with Gasteiger partial charge in [0.05, 0.1) is 22.1 Å². The van der Waals surface area contributed by atoms with Crippen LogP contribution in [0.4, 0.5) is 5.95 Å². The molecule has 2 fully saturated rings. The van der Waals surface area contributed by atoms with Gasteiger partial charge in [-0.2, -0.15) is 0 Å². The minimum absolute atomic E-state index is 0.0273. The van der Waals surface area contributed by atoms with E-state index in [1.165, 1.54) is 12.8 Å². The zero-order valence-corrected chi connectivity index (χ0v) is 22.0. The highest BCUT2D eigenvalue weighted by atomic mass is 35.5. The molecule has 1 atom stereocenters. The molecule has 0 bridgehead atoms. The second kappa shape index (κ2) is 11.4. The van der Waals surface area contributed by atoms with Gasteiger partial charge in [-0.1, -0.05) is 23.7 Å². The topological polar surface area (TPSA) is 83.4 Å². The highest BCUT2D eigenvalue weighted by Gasteiger charge is 2.27. The number of halogens is 1. The first-order valence-corrected chi connectivity index (χ1v) is 13.5. The maximum atomic E-state index is 13.1. The number of hydrogen-bond donors (Lipinski definition) is 1. The Bertz CT molecular complexity index is 1310. The average molecular weight is 521 g/mol. The van der Waals surface area contributed by atoms with Crippen LogP contribution in [0.15, 0.2) is 48.7 Å². The quantitative estimate of drug-likeness (QED) is 0.470. The Morgan fingerprint density at radius 2 is 1.95 bits per heavy atom. The lowest BCUT2D eigenvalue weighted by Crippen LogP contribution is -2.35. The lowest BCUT2D eigenvalue weighted by Gasteiger charge is -2.26. The summed E-state index contributed by atoms with van der Waals surface area (Å²) in [5, 5.41) is 3.57. The summed E-state index contributed by atoms with van der Waals surface area (Å²) in [6.45, 7) is 6.11. The van der Waals surface area contributed by atoms with Crippen LogP contribution in [0.2, 0.25) is 5.02 Å². The number of para-hydroxylation sites is 1. The van der Waals surface area contributed by atoms with Gasteiger partial charge in [-0.15, -0.1) is 0 Å². The van der Waals surface area contributed by atoms with Crippen molar-refractivity contribution in [2.45, 2.75) is 45.1 Å². The number of amides is 2. The van der Waals surface area contributed by atoms with Gasteiger partial charge in [-0.3, -0.25) is 24.8 Å². The van der Waals surface area contributed by atoms with Crippen LogP contribution in [0.25, 0.3) is 11.0 Å². The number of likely N-dealkylation sites (tertiary alicyclic amines) is 2. The largest absolute Gasteiger partial charge is 0.337 e. The number of anilines is 1. The number of rotatable bonds is 6. The number of nitrogens with zero attached hydrogens (tertiary/aromatic N) is 5. The Balaban J connectivity index is 1.41. The van der Waals surface area contributed by atoms with Crippen molar-refractivity contribution in [1.29, 1.82) is 0 Å². The van der Waals surface area contributed by atoms with E-state index in [0.29, 0.717) is 35.1 Å². The molecule has 0 saturated carbocycles. The standard InChI is InChI=1S/C28H33ClN6O2/c1-20-18-21(12-13-30-20)27(37)32-28-31-24-10-6-9-23(29)26(24)35(28)22-8-2-3-17-34(19-22)25(36)11-7-16-33-14-4-5-15-33/h6-7,9-13,18,22H,2-5,8,14-17,19H2,1H3,(H,31,32,37)/b11-7+. The van der Waals surface area contributed by atoms with Crippen molar-refractivity contribution >= 4 is 40.4 Å². The van der Waals surface area contributed by atoms with E-state index in [0.717, 1.165) is 50.1 Å². The number of nitrogens with one attached hydrogen (secondary N) is 1. The summed E-state index contributed by atoms with van der Waals surface area (Å²) in [5.41, 5.74) is 2.76. The van der Waals surface area contributed by atoms with E-state index in [-0.39, 0.29) is 17.9 Å². The van der Waals surface area contributed by atoms with E-state index in [2.05, 4.69) is 15.2 Å². The maximum Gasteiger partial charge on any atom is 0.258 e. The van der Waals surface area contributed by atoms with Gasteiger partial charge in [-0.25, -0.2) is 4.98 Å². The molecular weight excluding hydrogens is 488 g/mol. The van der Waals surface area contributed by atoms with Gasteiger partial charge in [0.1, 0.15) is 0 Å². The monoisotopic (exact) mass is 520 g/mol.